The Morgan fingerprint density at radius 3 is 3.14 bits per heavy atom. The fourth-order valence-electron chi connectivity index (χ4n) is 1.45. The molecule has 0 aliphatic carbocycles. The van der Waals surface area contributed by atoms with Gasteiger partial charge in [0.25, 0.3) is 0 Å². The fraction of sp³-hybridized carbons (Fsp3) is 0.300. The second-order valence-corrected chi connectivity index (χ2v) is 4.27. The number of hydrogen-bond acceptors (Lipinski definition) is 4. The third-order valence-electron chi connectivity index (χ3n) is 2.35. The number of fused-ring (bicyclic) bond motifs is 1. The van der Waals surface area contributed by atoms with Crippen LogP contribution in [0.5, 0.6) is 5.75 Å². The maximum Gasteiger partial charge on any atom is 0.123 e. The molecule has 1 N–H and O–H groups in total. The highest BCUT2D eigenvalue weighted by molar-refractivity contribution is 7.16. The molecule has 1 aromatic heterocycles. The third-order valence-corrected chi connectivity index (χ3v) is 3.14. The van der Waals surface area contributed by atoms with Crippen LogP contribution in [0.4, 0.5) is 0 Å². The zero-order valence-electron chi connectivity index (χ0n) is 7.56. The average molecular weight is 206 g/mol. The Morgan fingerprint density at radius 1 is 1.43 bits per heavy atom. The molecule has 1 aliphatic rings. The molecule has 0 atom stereocenters. The number of ether oxygens (including phenoxy) is 1. The number of benzene rings is 1. The van der Waals surface area contributed by atoms with Crippen molar-refractivity contribution in [2.24, 2.45) is 0 Å². The zero-order valence-corrected chi connectivity index (χ0v) is 8.38. The smallest absolute Gasteiger partial charge is 0.123 e. The summed E-state index contributed by atoms with van der Waals surface area (Å²) in [6.07, 6.45) is 0.348. The summed E-state index contributed by atoms with van der Waals surface area (Å²) in [5, 5.41) is 3.18. The number of thiazole rings is 1. The maximum atomic E-state index is 5.74. The lowest BCUT2D eigenvalue weighted by atomic mass is 10.2. The largest absolute Gasteiger partial charge is 0.488 e. The summed E-state index contributed by atoms with van der Waals surface area (Å²) < 4.78 is 6.93. The molecule has 1 saturated heterocycles. The molecule has 1 fully saturated rings. The van der Waals surface area contributed by atoms with Gasteiger partial charge in [0.15, 0.2) is 0 Å². The van der Waals surface area contributed by atoms with Crippen molar-refractivity contribution in [2.45, 2.75) is 6.10 Å². The van der Waals surface area contributed by atoms with Crippen molar-refractivity contribution >= 4 is 21.6 Å². The number of nitrogens with zero attached hydrogens (tertiary/aromatic N) is 1. The lowest BCUT2D eigenvalue weighted by Gasteiger charge is -2.27. The van der Waals surface area contributed by atoms with E-state index in [0.717, 1.165) is 24.4 Å². The Balaban J connectivity index is 1.88. The molecule has 0 saturated carbocycles. The van der Waals surface area contributed by atoms with E-state index in [0.29, 0.717) is 6.10 Å². The van der Waals surface area contributed by atoms with Crippen molar-refractivity contribution in [2.75, 3.05) is 13.1 Å². The van der Waals surface area contributed by atoms with E-state index in [4.69, 9.17) is 4.74 Å². The standard InChI is InChI=1S/C10H10N2OS/c1-2-9-10(14-6-12-9)3-7(1)13-8-4-11-5-8/h1-3,6,8,11H,4-5H2. The van der Waals surface area contributed by atoms with Gasteiger partial charge >= 0.3 is 0 Å². The Hall–Kier alpha value is -1.13. The quantitative estimate of drug-likeness (QED) is 0.811. The summed E-state index contributed by atoms with van der Waals surface area (Å²) in [6.45, 7) is 1.92. The molecule has 1 aromatic carbocycles. The van der Waals surface area contributed by atoms with Crippen LogP contribution in [0.15, 0.2) is 23.7 Å². The molecule has 3 nitrogen and oxygen atoms in total. The molecule has 4 heteroatoms. The molecule has 0 bridgehead atoms. The Kier molecular flexibility index (Phi) is 1.89. The van der Waals surface area contributed by atoms with Crippen LogP contribution in [-0.2, 0) is 0 Å². The van der Waals surface area contributed by atoms with Crippen LogP contribution in [0.3, 0.4) is 0 Å². The van der Waals surface area contributed by atoms with E-state index in [2.05, 4.69) is 16.4 Å². The third kappa shape index (κ3) is 1.36. The predicted octanol–water partition coefficient (Wildman–Crippen LogP) is 1.65. The summed E-state index contributed by atoms with van der Waals surface area (Å²) in [6, 6.07) is 6.05. The Labute approximate surface area is 85.7 Å². The molecular weight excluding hydrogens is 196 g/mol. The average Bonchev–Trinajstić information content (AvgIpc) is 2.58. The van der Waals surface area contributed by atoms with Crippen LogP contribution >= 0.6 is 11.3 Å². The maximum absolute atomic E-state index is 5.74. The molecule has 0 radical (unpaired) electrons. The molecular formula is C10H10N2OS. The van der Waals surface area contributed by atoms with E-state index in [-0.39, 0.29) is 0 Å². The van der Waals surface area contributed by atoms with E-state index in [1.165, 1.54) is 4.70 Å². The highest BCUT2D eigenvalue weighted by Crippen LogP contribution is 2.24. The van der Waals surface area contributed by atoms with Gasteiger partial charge in [0.2, 0.25) is 0 Å². The molecule has 0 spiro atoms. The van der Waals surface area contributed by atoms with Crippen molar-refractivity contribution in [1.29, 1.82) is 0 Å². The second-order valence-electron chi connectivity index (χ2n) is 3.38. The van der Waals surface area contributed by atoms with E-state index in [1.54, 1.807) is 11.3 Å². The van der Waals surface area contributed by atoms with Gasteiger partial charge in [0.1, 0.15) is 11.9 Å². The van der Waals surface area contributed by atoms with Crippen LogP contribution in [-0.4, -0.2) is 24.2 Å². The van der Waals surface area contributed by atoms with Crippen molar-refractivity contribution in [3.63, 3.8) is 0 Å². The molecule has 2 heterocycles. The van der Waals surface area contributed by atoms with E-state index >= 15 is 0 Å². The summed E-state index contributed by atoms with van der Waals surface area (Å²) >= 11 is 1.65. The minimum atomic E-state index is 0.348. The summed E-state index contributed by atoms with van der Waals surface area (Å²) in [7, 11) is 0. The molecule has 14 heavy (non-hydrogen) atoms. The van der Waals surface area contributed by atoms with Crippen molar-refractivity contribution in [1.82, 2.24) is 10.3 Å². The Morgan fingerprint density at radius 2 is 2.36 bits per heavy atom. The predicted molar refractivity (Wildman–Crippen MR) is 56.9 cm³/mol. The van der Waals surface area contributed by atoms with Crippen LogP contribution < -0.4 is 10.1 Å². The number of hydrogen-bond donors (Lipinski definition) is 1. The first-order chi connectivity index (χ1) is 6.92. The molecule has 0 unspecified atom stereocenters. The van der Waals surface area contributed by atoms with E-state index < -0.39 is 0 Å². The minimum Gasteiger partial charge on any atom is -0.488 e. The van der Waals surface area contributed by atoms with Crippen molar-refractivity contribution < 1.29 is 4.74 Å². The molecule has 1 aliphatic heterocycles. The van der Waals surface area contributed by atoms with Gasteiger partial charge in [0, 0.05) is 13.1 Å². The van der Waals surface area contributed by atoms with Crippen LogP contribution in [0.2, 0.25) is 0 Å². The van der Waals surface area contributed by atoms with Gasteiger partial charge < -0.3 is 10.1 Å². The second kappa shape index (κ2) is 3.22. The number of nitrogens with one attached hydrogen (secondary N) is 1. The normalized spacial score (nSPS) is 16.9. The van der Waals surface area contributed by atoms with Gasteiger partial charge in [-0.15, -0.1) is 11.3 Å². The lowest BCUT2D eigenvalue weighted by molar-refractivity contribution is 0.142. The highest BCUT2D eigenvalue weighted by Gasteiger charge is 2.18. The van der Waals surface area contributed by atoms with E-state index in [9.17, 15) is 0 Å². The summed E-state index contributed by atoms with van der Waals surface area (Å²) in [4.78, 5) is 4.22. The van der Waals surface area contributed by atoms with Gasteiger partial charge in [-0.1, -0.05) is 0 Å². The topological polar surface area (TPSA) is 34.1 Å². The van der Waals surface area contributed by atoms with Crippen LogP contribution in [0, 0.1) is 0 Å². The first kappa shape index (κ1) is 8.20. The number of aromatic nitrogens is 1. The van der Waals surface area contributed by atoms with Crippen LogP contribution in [0.25, 0.3) is 10.2 Å². The van der Waals surface area contributed by atoms with Gasteiger partial charge in [-0.3, -0.25) is 0 Å². The lowest BCUT2D eigenvalue weighted by Crippen LogP contribution is -2.50. The van der Waals surface area contributed by atoms with E-state index in [1.807, 2.05) is 17.6 Å². The first-order valence-electron chi connectivity index (χ1n) is 4.62. The first-order valence-corrected chi connectivity index (χ1v) is 5.50. The molecule has 72 valence electrons. The molecule has 0 amide bonds. The molecule has 3 rings (SSSR count). The van der Waals surface area contributed by atoms with Gasteiger partial charge in [-0.25, -0.2) is 4.98 Å². The number of rotatable bonds is 2. The SMILES string of the molecule is c1nc2ccc(OC3CNC3)cc2s1. The Bertz CT molecular complexity index is 450. The highest BCUT2D eigenvalue weighted by atomic mass is 32.1. The van der Waals surface area contributed by atoms with Crippen LogP contribution in [0.1, 0.15) is 0 Å². The van der Waals surface area contributed by atoms with Crippen molar-refractivity contribution in [3.8, 4) is 5.75 Å². The minimum absolute atomic E-state index is 0.348. The fourth-order valence-corrected chi connectivity index (χ4v) is 2.15. The zero-order chi connectivity index (χ0) is 9.38. The van der Waals surface area contributed by atoms with Crippen molar-refractivity contribution in [3.05, 3.63) is 23.7 Å². The summed E-state index contributed by atoms with van der Waals surface area (Å²) in [5.74, 6) is 0.952. The van der Waals surface area contributed by atoms with Gasteiger partial charge in [-0.2, -0.15) is 0 Å². The van der Waals surface area contributed by atoms with Gasteiger partial charge in [-0.05, 0) is 18.2 Å². The monoisotopic (exact) mass is 206 g/mol. The molecule has 2 aromatic rings. The van der Waals surface area contributed by atoms with Gasteiger partial charge in [0.05, 0.1) is 15.7 Å². The summed E-state index contributed by atoms with van der Waals surface area (Å²) in [5.41, 5.74) is 2.91.